The van der Waals surface area contributed by atoms with E-state index in [1.54, 1.807) is 0 Å². The molecule has 0 aromatic heterocycles. The second-order valence-electron chi connectivity index (χ2n) is 9.28. The maximum Gasteiger partial charge on any atom is 0.0712 e. The molecule has 1 aliphatic rings. The lowest BCUT2D eigenvalue weighted by Gasteiger charge is -2.22. The molecule has 0 unspecified atom stereocenters. The second-order valence-corrected chi connectivity index (χ2v) is 9.28. The fourth-order valence-corrected chi connectivity index (χ4v) is 4.47. The first-order valence-electron chi connectivity index (χ1n) is 10.9. The van der Waals surface area contributed by atoms with E-state index in [9.17, 15) is 0 Å². The molecule has 0 bridgehead atoms. The molecule has 0 N–H and O–H groups in total. The molecule has 0 saturated heterocycles. The van der Waals surface area contributed by atoms with Gasteiger partial charge in [0.15, 0.2) is 0 Å². The minimum absolute atomic E-state index is 0.0743. The third kappa shape index (κ3) is 3.61. The molecular formula is C30H27N. The number of benzene rings is 4. The molecule has 31 heavy (non-hydrogen) atoms. The lowest BCUT2D eigenvalue weighted by molar-refractivity contribution is 0.590. The van der Waals surface area contributed by atoms with E-state index < -0.39 is 0 Å². The summed E-state index contributed by atoms with van der Waals surface area (Å²) in [6.45, 7) is 6.80. The van der Waals surface area contributed by atoms with Crippen LogP contribution in [0.3, 0.4) is 0 Å². The topological polar surface area (TPSA) is 12.4 Å². The Hall–Kier alpha value is -3.45. The highest BCUT2D eigenvalue weighted by Gasteiger charge is 2.29. The van der Waals surface area contributed by atoms with E-state index >= 15 is 0 Å². The number of rotatable bonds is 2. The van der Waals surface area contributed by atoms with Gasteiger partial charge in [0.1, 0.15) is 0 Å². The number of hydrogen-bond acceptors (Lipinski definition) is 1. The Balaban J connectivity index is 1.84. The molecule has 1 heterocycles. The van der Waals surface area contributed by atoms with E-state index in [1.165, 1.54) is 33.4 Å². The molecule has 0 fully saturated rings. The third-order valence-electron chi connectivity index (χ3n) is 6.14. The predicted octanol–water partition coefficient (Wildman–Crippen LogP) is 7.92. The lowest BCUT2D eigenvalue weighted by atomic mass is 9.80. The molecule has 5 rings (SSSR count). The zero-order valence-corrected chi connectivity index (χ0v) is 18.3. The van der Waals surface area contributed by atoms with E-state index in [2.05, 4.69) is 124 Å². The van der Waals surface area contributed by atoms with Crippen LogP contribution in [0.25, 0.3) is 11.1 Å². The lowest BCUT2D eigenvalue weighted by Crippen LogP contribution is -2.15. The molecule has 0 radical (unpaired) electrons. The van der Waals surface area contributed by atoms with Crippen LogP contribution in [0, 0.1) is 0 Å². The van der Waals surface area contributed by atoms with Gasteiger partial charge >= 0.3 is 0 Å². The van der Waals surface area contributed by atoms with Gasteiger partial charge in [-0.25, -0.2) is 0 Å². The molecule has 152 valence electrons. The van der Waals surface area contributed by atoms with Crippen LogP contribution >= 0.6 is 0 Å². The average molecular weight is 402 g/mol. The van der Waals surface area contributed by atoms with Crippen molar-refractivity contribution in [1.82, 2.24) is 0 Å². The van der Waals surface area contributed by atoms with Crippen LogP contribution in [-0.2, 0) is 5.41 Å². The summed E-state index contributed by atoms with van der Waals surface area (Å²) < 4.78 is 0. The number of fused-ring (bicyclic) bond motifs is 3. The van der Waals surface area contributed by atoms with E-state index in [-0.39, 0.29) is 11.3 Å². The van der Waals surface area contributed by atoms with Crippen LogP contribution in [0.5, 0.6) is 0 Å². The van der Waals surface area contributed by atoms with Gasteiger partial charge in [0.2, 0.25) is 0 Å². The first kappa shape index (κ1) is 19.5. The average Bonchev–Trinajstić information content (AvgIpc) is 2.94. The first-order chi connectivity index (χ1) is 15.0. The van der Waals surface area contributed by atoms with Crippen molar-refractivity contribution in [3.05, 3.63) is 125 Å². The van der Waals surface area contributed by atoms with Crippen molar-refractivity contribution in [2.45, 2.75) is 32.1 Å². The maximum absolute atomic E-state index is 5.32. The summed E-state index contributed by atoms with van der Waals surface area (Å²) in [5.74, 6) is 0.0743. The molecular weight excluding hydrogens is 374 g/mol. The van der Waals surface area contributed by atoms with Crippen LogP contribution in [0.2, 0.25) is 0 Å². The highest BCUT2D eigenvalue weighted by molar-refractivity contribution is 6.11. The Labute approximate surface area is 185 Å². The second kappa shape index (κ2) is 7.67. The van der Waals surface area contributed by atoms with Gasteiger partial charge in [0, 0.05) is 5.56 Å². The van der Waals surface area contributed by atoms with Gasteiger partial charge in [0.05, 0.1) is 17.3 Å². The van der Waals surface area contributed by atoms with Gasteiger partial charge < -0.3 is 0 Å². The fraction of sp³-hybridized carbons (Fsp3) is 0.167. The SMILES string of the molecule is CC(C)(C)c1ccc2c(c1)-c1ccccc1[C@H](c1ccccc1)C(c1ccccc1)=N2. The standard InChI is InChI=1S/C30H27N/c1-30(2,3)23-18-19-27-26(20-23)24-16-10-11-17-25(24)28(21-12-6-4-7-13-21)29(31-27)22-14-8-5-9-15-22/h4-20,28H,1-3H3/t28-/m0/s1. The Morgan fingerprint density at radius 1 is 0.645 bits per heavy atom. The summed E-state index contributed by atoms with van der Waals surface area (Å²) in [5, 5.41) is 0. The molecule has 4 aromatic rings. The smallest absolute Gasteiger partial charge is 0.0712 e. The molecule has 0 saturated carbocycles. The van der Waals surface area contributed by atoms with Crippen molar-refractivity contribution < 1.29 is 0 Å². The van der Waals surface area contributed by atoms with E-state index in [0.29, 0.717) is 0 Å². The van der Waals surface area contributed by atoms with Crippen molar-refractivity contribution >= 4 is 11.4 Å². The van der Waals surface area contributed by atoms with Crippen molar-refractivity contribution in [1.29, 1.82) is 0 Å². The van der Waals surface area contributed by atoms with Crippen molar-refractivity contribution in [2.24, 2.45) is 4.99 Å². The fourth-order valence-electron chi connectivity index (χ4n) is 4.47. The first-order valence-corrected chi connectivity index (χ1v) is 10.9. The van der Waals surface area contributed by atoms with Gasteiger partial charge in [-0.2, -0.15) is 0 Å². The summed E-state index contributed by atoms with van der Waals surface area (Å²) in [4.78, 5) is 5.32. The van der Waals surface area contributed by atoms with Crippen LogP contribution in [0.15, 0.2) is 108 Å². The Kier molecular flexibility index (Phi) is 4.82. The summed E-state index contributed by atoms with van der Waals surface area (Å²) >= 11 is 0. The number of nitrogens with zero attached hydrogens (tertiary/aromatic N) is 1. The molecule has 1 nitrogen and oxygen atoms in total. The summed E-state index contributed by atoms with van der Waals surface area (Å²) in [5.41, 5.74) is 9.78. The predicted molar refractivity (Wildman–Crippen MR) is 132 cm³/mol. The van der Waals surface area contributed by atoms with Crippen molar-refractivity contribution in [3.8, 4) is 11.1 Å². The normalized spacial score (nSPS) is 15.5. The zero-order valence-electron chi connectivity index (χ0n) is 18.3. The van der Waals surface area contributed by atoms with Gasteiger partial charge in [0.25, 0.3) is 0 Å². The van der Waals surface area contributed by atoms with Gasteiger partial charge in [-0.3, -0.25) is 4.99 Å². The molecule has 0 amide bonds. The van der Waals surface area contributed by atoms with Crippen LogP contribution in [0.1, 0.15) is 48.9 Å². The highest BCUT2D eigenvalue weighted by atomic mass is 14.8. The van der Waals surface area contributed by atoms with Crippen LogP contribution in [-0.4, -0.2) is 5.71 Å². The minimum atomic E-state index is 0.0743. The summed E-state index contributed by atoms with van der Waals surface area (Å²) in [6.07, 6.45) is 0. The van der Waals surface area contributed by atoms with E-state index in [4.69, 9.17) is 4.99 Å². The molecule has 0 aliphatic carbocycles. The van der Waals surface area contributed by atoms with E-state index in [0.717, 1.165) is 11.4 Å². The highest BCUT2D eigenvalue weighted by Crippen LogP contribution is 2.44. The quantitative estimate of drug-likeness (QED) is 0.323. The number of hydrogen-bond donors (Lipinski definition) is 0. The Morgan fingerprint density at radius 2 is 1.29 bits per heavy atom. The third-order valence-corrected chi connectivity index (χ3v) is 6.14. The molecule has 0 spiro atoms. The maximum atomic E-state index is 5.32. The van der Waals surface area contributed by atoms with Crippen LogP contribution in [0.4, 0.5) is 5.69 Å². The van der Waals surface area contributed by atoms with Gasteiger partial charge in [-0.05, 0) is 45.4 Å². The van der Waals surface area contributed by atoms with Crippen LogP contribution < -0.4 is 0 Å². The van der Waals surface area contributed by atoms with Gasteiger partial charge in [-0.1, -0.05) is 112 Å². The molecule has 1 heteroatoms. The molecule has 1 atom stereocenters. The minimum Gasteiger partial charge on any atom is -0.251 e. The largest absolute Gasteiger partial charge is 0.251 e. The van der Waals surface area contributed by atoms with Crippen molar-refractivity contribution in [3.63, 3.8) is 0 Å². The van der Waals surface area contributed by atoms with Crippen molar-refractivity contribution in [2.75, 3.05) is 0 Å². The Bertz CT molecular complexity index is 1240. The zero-order chi connectivity index (χ0) is 21.4. The molecule has 4 aromatic carbocycles. The van der Waals surface area contributed by atoms with Gasteiger partial charge in [-0.15, -0.1) is 0 Å². The summed E-state index contributed by atoms with van der Waals surface area (Å²) in [7, 11) is 0. The Morgan fingerprint density at radius 3 is 2.00 bits per heavy atom. The summed E-state index contributed by atoms with van der Waals surface area (Å²) in [6, 6.07) is 36.9. The molecule has 1 aliphatic heterocycles. The monoisotopic (exact) mass is 401 g/mol. The van der Waals surface area contributed by atoms with E-state index in [1.807, 2.05) is 0 Å². The number of aliphatic imine (C=N–C) groups is 1.